The Bertz CT molecular complexity index is 830. The standard InChI is InChI=1S/C20H25F2N3O3/c1-20(2,3)18-24-17(28-25-18)10-9-16(26)23-15-6-4-5-12-11-13(27-19(21)22)7-8-14(12)15/h7-8,11,15,19H,4-6,9-10H2,1-3H3,(H,23,26). The van der Waals surface area contributed by atoms with Gasteiger partial charge < -0.3 is 14.6 Å². The molecule has 0 spiro atoms. The molecule has 152 valence electrons. The first kappa shape index (κ1) is 20.2. The van der Waals surface area contributed by atoms with Gasteiger partial charge in [0.2, 0.25) is 11.8 Å². The topological polar surface area (TPSA) is 77.2 Å². The van der Waals surface area contributed by atoms with Crippen molar-refractivity contribution in [1.82, 2.24) is 15.5 Å². The monoisotopic (exact) mass is 393 g/mol. The number of carbonyl (C=O) groups is 1. The van der Waals surface area contributed by atoms with Crippen molar-refractivity contribution in [2.75, 3.05) is 0 Å². The lowest BCUT2D eigenvalue weighted by molar-refractivity contribution is -0.122. The van der Waals surface area contributed by atoms with Crippen LogP contribution >= 0.6 is 0 Å². The van der Waals surface area contributed by atoms with Crippen LogP contribution in [0.25, 0.3) is 0 Å². The molecule has 0 radical (unpaired) electrons. The van der Waals surface area contributed by atoms with Crippen LogP contribution in [0.3, 0.4) is 0 Å². The fraction of sp³-hybridized carbons (Fsp3) is 0.550. The first-order chi connectivity index (χ1) is 13.2. The fourth-order valence-corrected chi connectivity index (χ4v) is 3.26. The number of halogens is 2. The van der Waals surface area contributed by atoms with Crippen molar-refractivity contribution in [3.63, 3.8) is 0 Å². The lowest BCUT2D eigenvalue weighted by Crippen LogP contribution is -2.31. The second-order valence-corrected chi connectivity index (χ2v) is 8.01. The van der Waals surface area contributed by atoms with Gasteiger partial charge in [0.1, 0.15) is 5.75 Å². The van der Waals surface area contributed by atoms with Crippen molar-refractivity contribution < 1.29 is 22.8 Å². The van der Waals surface area contributed by atoms with E-state index in [9.17, 15) is 13.6 Å². The molecule has 1 aromatic heterocycles. The van der Waals surface area contributed by atoms with Gasteiger partial charge in [-0.3, -0.25) is 4.79 Å². The molecular formula is C20H25F2N3O3. The SMILES string of the molecule is CC(C)(C)c1noc(CCC(=O)NC2CCCc3cc(OC(F)F)ccc32)n1. The number of nitrogens with one attached hydrogen (secondary N) is 1. The molecule has 8 heteroatoms. The average Bonchev–Trinajstić information content (AvgIpc) is 3.09. The maximum absolute atomic E-state index is 12.4. The van der Waals surface area contributed by atoms with Crippen LogP contribution in [-0.4, -0.2) is 22.7 Å². The normalized spacial score (nSPS) is 16.7. The zero-order valence-electron chi connectivity index (χ0n) is 16.3. The average molecular weight is 393 g/mol. The number of aromatic nitrogens is 2. The van der Waals surface area contributed by atoms with Crippen LogP contribution in [0.4, 0.5) is 8.78 Å². The third-order valence-corrected chi connectivity index (χ3v) is 4.69. The molecule has 1 amide bonds. The van der Waals surface area contributed by atoms with Gasteiger partial charge in [-0.2, -0.15) is 13.8 Å². The largest absolute Gasteiger partial charge is 0.435 e. The molecule has 2 aromatic rings. The summed E-state index contributed by atoms with van der Waals surface area (Å²) >= 11 is 0. The van der Waals surface area contributed by atoms with E-state index in [1.165, 1.54) is 6.07 Å². The van der Waals surface area contributed by atoms with Gasteiger partial charge in [0.15, 0.2) is 5.82 Å². The van der Waals surface area contributed by atoms with E-state index in [4.69, 9.17) is 4.52 Å². The Kier molecular flexibility index (Phi) is 5.96. The molecule has 1 aliphatic carbocycles. The van der Waals surface area contributed by atoms with E-state index in [1.54, 1.807) is 12.1 Å². The molecule has 0 saturated carbocycles. The minimum absolute atomic E-state index is 0.110. The smallest absolute Gasteiger partial charge is 0.387 e. The predicted molar refractivity (Wildman–Crippen MR) is 98.2 cm³/mol. The van der Waals surface area contributed by atoms with Crippen molar-refractivity contribution in [3.05, 3.63) is 41.0 Å². The fourth-order valence-electron chi connectivity index (χ4n) is 3.26. The molecule has 1 atom stereocenters. The molecule has 0 bridgehead atoms. The van der Waals surface area contributed by atoms with E-state index in [1.807, 2.05) is 20.8 Å². The highest BCUT2D eigenvalue weighted by Crippen LogP contribution is 2.32. The number of hydrogen-bond donors (Lipinski definition) is 1. The van der Waals surface area contributed by atoms with E-state index in [-0.39, 0.29) is 29.5 Å². The van der Waals surface area contributed by atoms with Crippen molar-refractivity contribution >= 4 is 5.91 Å². The minimum Gasteiger partial charge on any atom is -0.435 e. The number of rotatable bonds is 6. The number of hydrogen-bond acceptors (Lipinski definition) is 5. The Morgan fingerprint density at radius 2 is 2.18 bits per heavy atom. The molecule has 28 heavy (non-hydrogen) atoms. The number of alkyl halides is 2. The third-order valence-electron chi connectivity index (χ3n) is 4.69. The molecule has 0 saturated heterocycles. The zero-order chi connectivity index (χ0) is 20.3. The molecule has 1 aromatic carbocycles. The Hall–Kier alpha value is -2.51. The van der Waals surface area contributed by atoms with Crippen molar-refractivity contribution in [1.29, 1.82) is 0 Å². The van der Waals surface area contributed by atoms with Crippen molar-refractivity contribution in [2.45, 2.75) is 70.9 Å². The van der Waals surface area contributed by atoms with Crippen LogP contribution in [-0.2, 0) is 23.1 Å². The Morgan fingerprint density at radius 1 is 1.39 bits per heavy atom. The summed E-state index contributed by atoms with van der Waals surface area (Å²) in [5.41, 5.74) is 1.68. The van der Waals surface area contributed by atoms with E-state index < -0.39 is 6.61 Å². The van der Waals surface area contributed by atoms with E-state index in [0.717, 1.165) is 30.4 Å². The summed E-state index contributed by atoms with van der Waals surface area (Å²) in [5.74, 6) is 1.09. The maximum Gasteiger partial charge on any atom is 0.387 e. The molecule has 0 fully saturated rings. The molecule has 6 nitrogen and oxygen atoms in total. The number of aryl methyl sites for hydroxylation is 2. The number of fused-ring (bicyclic) bond motifs is 1. The summed E-state index contributed by atoms with van der Waals surface area (Å²) in [5, 5.41) is 6.98. The van der Waals surface area contributed by atoms with Gasteiger partial charge in [-0.25, -0.2) is 0 Å². The lowest BCUT2D eigenvalue weighted by atomic mass is 9.87. The quantitative estimate of drug-likeness (QED) is 0.800. The van der Waals surface area contributed by atoms with Gasteiger partial charge in [0.05, 0.1) is 6.04 Å². The van der Waals surface area contributed by atoms with E-state index in [2.05, 4.69) is 20.2 Å². The maximum atomic E-state index is 12.4. The Morgan fingerprint density at radius 3 is 2.86 bits per heavy atom. The van der Waals surface area contributed by atoms with Crippen molar-refractivity contribution in [3.8, 4) is 5.75 Å². The summed E-state index contributed by atoms with van der Waals surface area (Å²) in [6, 6.07) is 4.77. The molecule has 1 N–H and O–H groups in total. The Balaban J connectivity index is 1.58. The number of ether oxygens (including phenoxy) is 1. The summed E-state index contributed by atoms with van der Waals surface area (Å²) in [4.78, 5) is 16.7. The molecule has 1 unspecified atom stereocenters. The summed E-state index contributed by atoms with van der Waals surface area (Å²) < 4.78 is 34.5. The number of nitrogens with zero attached hydrogens (tertiary/aromatic N) is 2. The van der Waals surface area contributed by atoms with E-state index >= 15 is 0 Å². The first-order valence-electron chi connectivity index (χ1n) is 9.42. The number of benzene rings is 1. The first-order valence-corrected chi connectivity index (χ1v) is 9.42. The van der Waals surface area contributed by atoms with Gasteiger partial charge in [0.25, 0.3) is 0 Å². The summed E-state index contributed by atoms with van der Waals surface area (Å²) in [6.45, 7) is 3.13. The van der Waals surface area contributed by atoms with Crippen LogP contribution in [0.2, 0.25) is 0 Å². The number of amides is 1. The van der Waals surface area contributed by atoms with E-state index in [0.29, 0.717) is 18.1 Å². The van der Waals surface area contributed by atoms with Crippen LogP contribution < -0.4 is 10.1 Å². The molecule has 1 heterocycles. The van der Waals surface area contributed by atoms with Gasteiger partial charge in [-0.1, -0.05) is 32.0 Å². The second-order valence-electron chi connectivity index (χ2n) is 8.01. The van der Waals surface area contributed by atoms with Crippen molar-refractivity contribution in [2.24, 2.45) is 0 Å². The molecule has 0 aliphatic heterocycles. The molecule has 3 rings (SSSR count). The van der Waals surface area contributed by atoms with Gasteiger partial charge in [-0.05, 0) is 42.5 Å². The summed E-state index contributed by atoms with van der Waals surface area (Å²) in [6.07, 6.45) is 3.07. The van der Waals surface area contributed by atoms with Gasteiger partial charge in [0, 0.05) is 18.3 Å². The highest BCUT2D eigenvalue weighted by atomic mass is 19.3. The zero-order valence-corrected chi connectivity index (χ0v) is 16.3. The highest BCUT2D eigenvalue weighted by Gasteiger charge is 2.24. The highest BCUT2D eigenvalue weighted by molar-refractivity contribution is 5.76. The number of carbonyl (C=O) groups excluding carboxylic acids is 1. The minimum atomic E-state index is -2.85. The Labute approximate surface area is 162 Å². The van der Waals surface area contributed by atoms with Crippen LogP contribution in [0, 0.1) is 0 Å². The summed E-state index contributed by atoms with van der Waals surface area (Å²) in [7, 11) is 0. The lowest BCUT2D eigenvalue weighted by Gasteiger charge is -2.27. The van der Waals surface area contributed by atoms with Crippen LogP contribution in [0.1, 0.15) is 68.9 Å². The molecule has 1 aliphatic rings. The van der Waals surface area contributed by atoms with Gasteiger partial charge >= 0.3 is 6.61 Å². The third kappa shape index (κ3) is 5.05. The molecular weight excluding hydrogens is 368 g/mol. The predicted octanol–water partition coefficient (Wildman–Crippen LogP) is 4.09. The second kappa shape index (κ2) is 8.24. The van der Waals surface area contributed by atoms with Crippen LogP contribution in [0.5, 0.6) is 5.75 Å². The van der Waals surface area contributed by atoms with Crippen LogP contribution in [0.15, 0.2) is 22.7 Å². The van der Waals surface area contributed by atoms with Gasteiger partial charge in [-0.15, -0.1) is 0 Å².